The molecule has 3 aliphatic rings. The second-order valence-corrected chi connectivity index (χ2v) is 23.1. The van der Waals surface area contributed by atoms with Crippen LogP contribution >= 0.6 is 0 Å². The molecule has 2 heterocycles. The summed E-state index contributed by atoms with van der Waals surface area (Å²) >= 11 is 0. The Balaban J connectivity index is 1.05. The number of rotatable bonds is 20. The highest BCUT2D eigenvalue weighted by atomic mass is 19.4. The maximum Gasteiger partial charge on any atom is 0.416 e. The molecule has 8 nitrogen and oxygen atoms in total. The lowest BCUT2D eigenvalue weighted by Gasteiger charge is -2.41. The number of allylic oxidation sites excluding steroid dienone is 1. The van der Waals surface area contributed by atoms with Gasteiger partial charge in [-0.1, -0.05) is 129 Å². The van der Waals surface area contributed by atoms with Gasteiger partial charge in [0.2, 0.25) is 0 Å². The average molecular weight is 1120 g/mol. The fourth-order valence-corrected chi connectivity index (χ4v) is 13.0. The van der Waals surface area contributed by atoms with Gasteiger partial charge in [0.1, 0.15) is 28.7 Å². The number of fused-ring (bicyclic) bond motifs is 8. The van der Waals surface area contributed by atoms with E-state index in [1.54, 1.807) is 30.3 Å². The second-order valence-electron chi connectivity index (χ2n) is 23.1. The fraction of sp³-hybridized carbons (Fsp3) is 0.448. The molecule has 2 atom stereocenters. The monoisotopic (exact) mass is 1120 g/mol. The van der Waals surface area contributed by atoms with E-state index >= 15 is 13.2 Å². The van der Waals surface area contributed by atoms with Crippen LogP contribution in [0, 0.1) is 11.8 Å². The number of piperazine rings is 1. The number of hydrogen-bond acceptors (Lipinski definition) is 8. The minimum atomic E-state index is -5.10. The summed E-state index contributed by atoms with van der Waals surface area (Å²) in [7, 11) is 1.53. The molecule has 0 amide bonds. The highest BCUT2D eigenvalue weighted by Crippen LogP contribution is 2.58. The van der Waals surface area contributed by atoms with Gasteiger partial charge in [0, 0.05) is 60.4 Å². The summed E-state index contributed by atoms with van der Waals surface area (Å²) in [6.07, 6.45) is 6.83. The number of unbranched alkanes of at least 4 members (excludes halogenated alkanes) is 2. The van der Waals surface area contributed by atoms with Gasteiger partial charge in [-0.2, -0.15) is 26.3 Å². The van der Waals surface area contributed by atoms with Crippen LogP contribution in [0.25, 0.3) is 21.9 Å². The molecule has 1 saturated heterocycles. The van der Waals surface area contributed by atoms with Crippen LogP contribution in [0.1, 0.15) is 151 Å². The summed E-state index contributed by atoms with van der Waals surface area (Å²) in [6, 6.07) is 25.3. The Hall–Kier alpha value is -6.83. The van der Waals surface area contributed by atoms with E-state index in [-0.39, 0.29) is 53.1 Å². The van der Waals surface area contributed by atoms with Crippen molar-refractivity contribution < 1.29 is 55.6 Å². The molecule has 81 heavy (non-hydrogen) atoms. The van der Waals surface area contributed by atoms with Crippen LogP contribution in [0.2, 0.25) is 0 Å². The molecule has 2 N–H and O–H groups in total. The lowest BCUT2D eigenvalue weighted by Crippen LogP contribution is -2.46. The predicted molar refractivity (Wildman–Crippen MR) is 309 cm³/mol. The minimum absolute atomic E-state index is 0.0166. The molecule has 432 valence electrons. The van der Waals surface area contributed by atoms with Crippen LogP contribution in [0.15, 0.2) is 109 Å². The van der Waals surface area contributed by atoms with Crippen molar-refractivity contribution in [3.8, 4) is 39.9 Å². The molecule has 9 rings (SSSR count). The van der Waals surface area contributed by atoms with Gasteiger partial charge in [-0.15, -0.1) is 0 Å². The van der Waals surface area contributed by atoms with Gasteiger partial charge in [0.05, 0.1) is 23.9 Å². The molecule has 14 heteroatoms. The number of anilines is 2. The highest BCUT2D eigenvalue weighted by Gasteiger charge is 2.47. The van der Waals surface area contributed by atoms with Crippen molar-refractivity contribution in [2.45, 2.75) is 148 Å². The molecule has 6 aromatic carbocycles. The molecule has 0 spiro atoms. The molecule has 6 aromatic rings. The summed E-state index contributed by atoms with van der Waals surface area (Å²) < 4.78 is 110. The first-order chi connectivity index (χ1) is 38.7. The van der Waals surface area contributed by atoms with Gasteiger partial charge < -0.3 is 34.2 Å². The third-order valence-corrected chi connectivity index (χ3v) is 17.0. The Bertz CT molecular complexity index is 3150. The van der Waals surface area contributed by atoms with Crippen molar-refractivity contribution in [1.82, 2.24) is 0 Å². The van der Waals surface area contributed by atoms with Crippen molar-refractivity contribution in [2.24, 2.45) is 11.8 Å². The van der Waals surface area contributed by atoms with Crippen LogP contribution in [-0.4, -0.2) is 49.5 Å². The molecule has 1 aliphatic carbocycles. The highest BCUT2D eigenvalue weighted by molar-refractivity contribution is 6.07. The number of carbonyl (C=O) groups is 1. The molecule has 2 unspecified atom stereocenters. The summed E-state index contributed by atoms with van der Waals surface area (Å²) in [5.74, 6) is 2.30. The summed E-state index contributed by atoms with van der Waals surface area (Å²) in [5, 5.41) is 21.7. The van der Waals surface area contributed by atoms with Gasteiger partial charge in [-0.3, -0.25) is 4.79 Å². The topological polar surface area (TPSA) is 91.7 Å². The number of nitrogens with zero attached hydrogens (tertiary/aromatic N) is 2. The lowest BCUT2D eigenvalue weighted by atomic mass is 9.65. The quantitative estimate of drug-likeness (QED) is 0.0257. The van der Waals surface area contributed by atoms with Crippen molar-refractivity contribution >= 4 is 28.1 Å². The van der Waals surface area contributed by atoms with Crippen LogP contribution in [0.5, 0.6) is 28.7 Å². The number of hydrogen-bond donors (Lipinski definition) is 2. The number of methoxy groups -OCH3 is 1. The molecule has 0 saturated carbocycles. The Morgan fingerprint density at radius 3 is 1.85 bits per heavy atom. The molecule has 2 aliphatic heterocycles. The number of aromatic hydroxyl groups is 2. The first-order valence-electron chi connectivity index (χ1n) is 29.0. The number of esters is 1. The van der Waals surface area contributed by atoms with Crippen molar-refractivity contribution in [1.29, 1.82) is 0 Å². The van der Waals surface area contributed by atoms with Gasteiger partial charge in [-0.25, -0.2) is 0 Å². The van der Waals surface area contributed by atoms with Crippen LogP contribution in [0.3, 0.4) is 0 Å². The van der Waals surface area contributed by atoms with Gasteiger partial charge in [0.15, 0.2) is 5.60 Å². The zero-order valence-corrected chi connectivity index (χ0v) is 47.5. The second kappa shape index (κ2) is 24.3. The van der Waals surface area contributed by atoms with E-state index in [2.05, 4.69) is 30.6 Å². The standard InChI is InChI=1S/C67H76F6N2O6/c1-7-10-11-15-43(13-8-2)17-18-44(14-9-3)19-32-60(78)80-51-30-24-48(25-31-51)74-34-36-75(37-35-74)58-40-54-55(41-59(58)79-6)63-52(16-12-33-65(81-63,45-20-26-49(76)27-21-45)46-22-28-50(77)29-23-46)62-61(54)53-38-47(66(68,69)70)39-57(67(71,72)73)56(53)42-64(62,4)5/h12,20-31,33,38-41,43-44,76-77H,7-11,13-19,32,34-37,42H2,1-6H3. The molecular formula is C67H76F6N2O6. The fourth-order valence-electron chi connectivity index (χ4n) is 13.0. The number of ether oxygens (including phenoxy) is 3. The smallest absolute Gasteiger partial charge is 0.416 e. The molecule has 0 radical (unpaired) electrons. The molecule has 1 fully saturated rings. The number of phenolic OH excluding ortho intramolecular Hbond substituents is 2. The molecule has 0 bridgehead atoms. The number of benzene rings is 6. The van der Waals surface area contributed by atoms with E-state index in [1.165, 1.54) is 76.3 Å². The van der Waals surface area contributed by atoms with E-state index in [9.17, 15) is 28.2 Å². The first kappa shape index (κ1) is 58.8. The van der Waals surface area contributed by atoms with Gasteiger partial charge in [0.25, 0.3) is 0 Å². The maximum atomic E-state index is 15.2. The molecular weight excluding hydrogens is 1040 g/mol. The number of phenols is 2. The lowest BCUT2D eigenvalue weighted by molar-refractivity contribution is -0.143. The summed E-state index contributed by atoms with van der Waals surface area (Å²) in [5.41, 5.74) is -1.37. The third-order valence-electron chi connectivity index (χ3n) is 17.0. The Labute approximate surface area is 472 Å². The largest absolute Gasteiger partial charge is 0.508 e. The van der Waals surface area contributed by atoms with Crippen molar-refractivity contribution in [3.05, 3.63) is 148 Å². The van der Waals surface area contributed by atoms with E-state index in [0.717, 1.165) is 43.4 Å². The van der Waals surface area contributed by atoms with Gasteiger partial charge >= 0.3 is 18.3 Å². The zero-order chi connectivity index (χ0) is 57.9. The Morgan fingerprint density at radius 1 is 0.679 bits per heavy atom. The summed E-state index contributed by atoms with van der Waals surface area (Å²) in [6.45, 7) is 12.4. The van der Waals surface area contributed by atoms with E-state index in [0.29, 0.717) is 94.5 Å². The number of carbonyl (C=O) groups excluding carboxylic acids is 1. The number of halogens is 6. The third kappa shape index (κ3) is 12.6. The Kier molecular flexibility index (Phi) is 17.7. The normalized spacial score (nSPS) is 16.4. The van der Waals surface area contributed by atoms with Crippen LogP contribution in [0.4, 0.5) is 37.7 Å². The average Bonchev–Trinajstić information content (AvgIpc) is 3.57. The van der Waals surface area contributed by atoms with Crippen molar-refractivity contribution in [3.63, 3.8) is 0 Å². The SMILES string of the molecule is CCCCCC(CCC)CCC(CCC)CCC(=O)Oc1ccc(N2CCN(c3cc4c5c(c6c(c4cc3OC)OC(c3ccc(O)cc3)(c3ccc(O)cc3)C=CC6)C(C)(C)Cc3c-5cc(C(F)(F)F)cc3C(F)(F)F)CC2)cc1. The van der Waals surface area contributed by atoms with E-state index < -0.39 is 34.5 Å². The minimum Gasteiger partial charge on any atom is -0.508 e. The zero-order valence-electron chi connectivity index (χ0n) is 47.5. The van der Waals surface area contributed by atoms with E-state index in [4.69, 9.17) is 14.2 Å². The van der Waals surface area contributed by atoms with Crippen LogP contribution in [-0.2, 0) is 41.0 Å². The van der Waals surface area contributed by atoms with E-state index in [1.807, 2.05) is 56.3 Å². The van der Waals surface area contributed by atoms with Gasteiger partial charge in [-0.05, 0) is 143 Å². The first-order valence-corrected chi connectivity index (χ1v) is 29.0. The predicted octanol–water partition coefficient (Wildman–Crippen LogP) is 17.4. The van der Waals surface area contributed by atoms with Crippen molar-refractivity contribution in [2.75, 3.05) is 43.1 Å². The van der Waals surface area contributed by atoms with Crippen LogP contribution < -0.4 is 24.0 Å². The summed E-state index contributed by atoms with van der Waals surface area (Å²) in [4.78, 5) is 17.5. The number of alkyl halides is 6. The Morgan fingerprint density at radius 2 is 1.28 bits per heavy atom. The maximum absolute atomic E-state index is 15.2. The molecule has 0 aromatic heterocycles.